The van der Waals surface area contributed by atoms with Gasteiger partial charge in [-0.3, -0.25) is 9.69 Å². The fourth-order valence-electron chi connectivity index (χ4n) is 3.64. The molecule has 0 N–H and O–H groups in total. The summed E-state index contributed by atoms with van der Waals surface area (Å²) < 4.78 is 12.6. The smallest absolute Gasteiger partial charge is 0.260 e. The van der Waals surface area contributed by atoms with E-state index in [0.717, 1.165) is 47.0 Å². The number of ether oxygens (including phenoxy) is 2. The lowest BCUT2D eigenvalue weighted by Gasteiger charge is -2.23. The van der Waals surface area contributed by atoms with Gasteiger partial charge in [0.2, 0.25) is 0 Å². The Bertz CT molecular complexity index is 1010. The highest BCUT2D eigenvalue weighted by Gasteiger charge is 2.27. The molecule has 1 fully saturated rings. The molecule has 5 nitrogen and oxygen atoms in total. The predicted molar refractivity (Wildman–Crippen MR) is 122 cm³/mol. The first-order chi connectivity index (χ1) is 14.5. The fraction of sp³-hybridized carbons (Fsp3) is 0.417. The lowest BCUT2D eigenvalue weighted by Crippen LogP contribution is -2.37. The number of nitrogens with zero attached hydrogens (tertiary/aromatic N) is 2. The maximum Gasteiger partial charge on any atom is 0.260 e. The van der Waals surface area contributed by atoms with E-state index in [1.54, 1.807) is 16.2 Å². The quantitative estimate of drug-likeness (QED) is 0.504. The van der Waals surface area contributed by atoms with Crippen LogP contribution in [0.25, 0.3) is 10.2 Å². The molecule has 0 saturated carbocycles. The molecule has 6 heteroatoms. The van der Waals surface area contributed by atoms with Gasteiger partial charge in [0.25, 0.3) is 5.91 Å². The van der Waals surface area contributed by atoms with E-state index >= 15 is 0 Å². The van der Waals surface area contributed by atoms with E-state index in [1.807, 2.05) is 44.2 Å². The lowest BCUT2D eigenvalue weighted by molar-refractivity contribution is 0.0917. The maximum atomic E-state index is 13.5. The monoisotopic (exact) mass is 424 g/mol. The van der Waals surface area contributed by atoms with Gasteiger partial charge in [0, 0.05) is 12.2 Å². The van der Waals surface area contributed by atoms with Gasteiger partial charge in [-0.15, -0.1) is 0 Å². The highest BCUT2D eigenvalue weighted by Crippen LogP contribution is 2.32. The number of rotatable bonds is 7. The van der Waals surface area contributed by atoms with Crippen LogP contribution >= 0.6 is 11.3 Å². The van der Waals surface area contributed by atoms with Crippen molar-refractivity contribution in [3.8, 4) is 5.75 Å². The first-order valence-electron chi connectivity index (χ1n) is 10.6. The Balaban J connectivity index is 1.64. The predicted octanol–water partition coefficient (Wildman–Crippen LogP) is 5.47. The molecule has 30 heavy (non-hydrogen) atoms. The third kappa shape index (κ3) is 4.65. The van der Waals surface area contributed by atoms with Crippen LogP contribution in [0.15, 0.2) is 42.5 Å². The Kier molecular flexibility index (Phi) is 6.35. The molecule has 1 unspecified atom stereocenters. The number of amides is 1. The summed E-state index contributed by atoms with van der Waals surface area (Å²) in [5.74, 6) is 0.704. The van der Waals surface area contributed by atoms with Crippen LogP contribution in [0.5, 0.6) is 5.75 Å². The summed E-state index contributed by atoms with van der Waals surface area (Å²) >= 11 is 1.57. The summed E-state index contributed by atoms with van der Waals surface area (Å²) in [6, 6.07) is 13.7. The molecule has 1 aliphatic heterocycles. The van der Waals surface area contributed by atoms with Crippen molar-refractivity contribution in [3.05, 3.63) is 53.6 Å². The summed E-state index contributed by atoms with van der Waals surface area (Å²) in [7, 11) is 0. The van der Waals surface area contributed by atoms with Crippen LogP contribution < -0.4 is 9.64 Å². The molecule has 4 rings (SSSR count). The molecule has 2 aromatic carbocycles. The summed E-state index contributed by atoms with van der Waals surface area (Å²) in [5, 5.41) is 0.723. The van der Waals surface area contributed by atoms with Gasteiger partial charge >= 0.3 is 0 Å². The SMILES string of the molecule is CCc1ccc2nc(N(CC3CCCO3)C(=O)c3ccc(OC(C)C)cc3)sc2c1. The first-order valence-corrected chi connectivity index (χ1v) is 11.4. The number of aryl methyl sites for hydroxylation is 1. The summed E-state index contributed by atoms with van der Waals surface area (Å²) in [4.78, 5) is 20.0. The minimum Gasteiger partial charge on any atom is -0.491 e. The van der Waals surface area contributed by atoms with Gasteiger partial charge in [0.05, 0.1) is 29.0 Å². The lowest BCUT2D eigenvalue weighted by atomic mass is 10.1. The normalized spacial score (nSPS) is 16.3. The molecule has 2 heterocycles. The van der Waals surface area contributed by atoms with E-state index in [4.69, 9.17) is 14.5 Å². The summed E-state index contributed by atoms with van der Waals surface area (Å²) in [6.45, 7) is 7.39. The van der Waals surface area contributed by atoms with E-state index in [1.165, 1.54) is 5.56 Å². The number of hydrogen-bond acceptors (Lipinski definition) is 5. The Hall–Kier alpha value is -2.44. The van der Waals surface area contributed by atoms with Crippen LogP contribution in [0.1, 0.15) is 49.5 Å². The number of aromatic nitrogens is 1. The molecule has 1 atom stereocenters. The van der Waals surface area contributed by atoms with Gasteiger partial charge < -0.3 is 9.47 Å². The van der Waals surface area contributed by atoms with Gasteiger partial charge in [-0.2, -0.15) is 0 Å². The molecule has 3 aromatic rings. The van der Waals surface area contributed by atoms with E-state index in [9.17, 15) is 4.79 Å². The summed E-state index contributed by atoms with van der Waals surface area (Å²) in [6.07, 6.45) is 3.13. The van der Waals surface area contributed by atoms with Crippen LogP contribution in [-0.2, 0) is 11.2 Å². The van der Waals surface area contributed by atoms with Gasteiger partial charge in [-0.1, -0.05) is 24.3 Å². The van der Waals surface area contributed by atoms with Gasteiger partial charge in [0.15, 0.2) is 5.13 Å². The minimum absolute atomic E-state index is 0.0516. The zero-order chi connectivity index (χ0) is 21.1. The average molecular weight is 425 g/mol. The van der Waals surface area contributed by atoms with Crippen LogP contribution in [0.4, 0.5) is 5.13 Å². The molecule has 0 radical (unpaired) electrons. The van der Waals surface area contributed by atoms with Crippen LogP contribution in [0.2, 0.25) is 0 Å². The zero-order valence-electron chi connectivity index (χ0n) is 17.8. The van der Waals surface area contributed by atoms with E-state index in [-0.39, 0.29) is 18.1 Å². The minimum atomic E-state index is -0.0589. The Labute approximate surface area is 181 Å². The van der Waals surface area contributed by atoms with Crippen molar-refractivity contribution in [2.24, 2.45) is 0 Å². The van der Waals surface area contributed by atoms with Crippen molar-refractivity contribution in [3.63, 3.8) is 0 Å². The molecule has 158 valence electrons. The molecule has 0 aliphatic carbocycles. The number of benzene rings is 2. The van der Waals surface area contributed by atoms with Crippen LogP contribution in [-0.4, -0.2) is 36.3 Å². The molecule has 1 saturated heterocycles. The number of thiazole rings is 1. The van der Waals surface area contributed by atoms with Crippen molar-refractivity contribution < 1.29 is 14.3 Å². The molecule has 1 amide bonds. The third-order valence-electron chi connectivity index (χ3n) is 5.21. The van der Waals surface area contributed by atoms with Crippen molar-refractivity contribution in [1.29, 1.82) is 0 Å². The fourth-order valence-corrected chi connectivity index (χ4v) is 4.67. The molecule has 0 spiro atoms. The first kappa shape index (κ1) is 20.8. The highest BCUT2D eigenvalue weighted by molar-refractivity contribution is 7.22. The van der Waals surface area contributed by atoms with E-state index in [2.05, 4.69) is 19.1 Å². The second-order valence-corrected chi connectivity index (χ2v) is 8.90. The standard InChI is InChI=1S/C24H28N2O3S/c1-4-17-7-12-21-22(14-17)30-24(25-21)26(15-20-6-5-13-28-20)23(27)18-8-10-19(11-9-18)29-16(2)3/h7-12,14,16,20H,4-6,13,15H2,1-3H3. The van der Waals surface area contributed by atoms with Gasteiger partial charge in [-0.05, 0) is 75.1 Å². The van der Waals surface area contributed by atoms with Gasteiger partial charge in [-0.25, -0.2) is 4.98 Å². The summed E-state index contributed by atoms with van der Waals surface area (Å²) in [5.41, 5.74) is 2.83. The van der Waals surface area contributed by atoms with Crippen LogP contribution in [0.3, 0.4) is 0 Å². The zero-order valence-corrected chi connectivity index (χ0v) is 18.6. The second-order valence-electron chi connectivity index (χ2n) is 7.89. The number of carbonyl (C=O) groups excluding carboxylic acids is 1. The number of anilines is 1. The van der Waals surface area contributed by atoms with E-state index in [0.29, 0.717) is 12.1 Å². The number of fused-ring (bicyclic) bond motifs is 1. The molecule has 1 aliphatic rings. The molecule has 1 aromatic heterocycles. The number of carbonyl (C=O) groups is 1. The number of hydrogen-bond donors (Lipinski definition) is 0. The largest absolute Gasteiger partial charge is 0.491 e. The van der Waals surface area contributed by atoms with Crippen molar-refractivity contribution in [2.75, 3.05) is 18.1 Å². The topological polar surface area (TPSA) is 51.7 Å². The molecule has 0 bridgehead atoms. The van der Waals surface area contributed by atoms with Crippen molar-refractivity contribution in [1.82, 2.24) is 4.98 Å². The Morgan fingerprint density at radius 1 is 1.27 bits per heavy atom. The van der Waals surface area contributed by atoms with Crippen molar-refractivity contribution >= 4 is 32.6 Å². The van der Waals surface area contributed by atoms with Gasteiger partial charge in [0.1, 0.15) is 5.75 Å². The average Bonchev–Trinajstić information content (AvgIpc) is 3.40. The Morgan fingerprint density at radius 2 is 2.07 bits per heavy atom. The molecular formula is C24H28N2O3S. The Morgan fingerprint density at radius 3 is 2.73 bits per heavy atom. The second kappa shape index (κ2) is 9.14. The van der Waals surface area contributed by atoms with E-state index < -0.39 is 0 Å². The maximum absolute atomic E-state index is 13.5. The van der Waals surface area contributed by atoms with Crippen LogP contribution in [0, 0.1) is 0 Å². The highest BCUT2D eigenvalue weighted by atomic mass is 32.1. The third-order valence-corrected chi connectivity index (χ3v) is 6.25. The van der Waals surface area contributed by atoms with Crippen molar-refractivity contribution in [2.45, 2.75) is 52.2 Å². The molecular weight excluding hydrogens is 396 g/mol.